The zero-order chi connectivity index (χ0) is 11.4. The summed E-state index contributed by atoms with van der Waals surface area (Å²) in [4.78, 5) is 4.33. The molecule has 0 aliphatic rings. The molecule has 3 nitrogen and oxygen atoms in total. The molecular weight excluding hydrogens is 222 g/mol. The Kier molecular flexibility index (Phi) is 3.59. The molecular formula is C12H14ClN3. The fourth-order valence-electron chi connectivity index (χ4n) is 1.60. The predicted molar refractivity (Wildman–Crippen MR) is 68.9 cm³/mol. The average Bonchev–Trinajstić information content (AvgIpc) is 2.29. The van der Waals surface area contributed by atoms with Crippen LogP contribution in [0, 0.1) is 0 Å². The van der Waals surface area contributed by atoms with Gasteiger partial charge < -0.3 is 11.1 Å². The molecule has 0 amide bonds. The van der Waals surface area contributed by atoms with Gasteiger partial charge in [-0.15, -0.1) is 0 Å². The van der Waals surface area contributed by atoms with Crippen molar-refractivity contribution in [2.75, 3.05) is 18.4 Å². The maximum Gasteiger partial charge on any atom is 0.0934 e. The van der Waals surface area contributed by atoms with Crippen LogP contribution < -0.4 is 11.1 Å². The van der Waals surface area contributed by atoms with E-state index in [2.05, 4.69) is 10.3 Å². The van der Waals surface area contributed by atoms with Crippen molar-refractivity contribution in [3.05, 3.63) is 35.5 Å². The minimum Gasteiger partial charge on any atom is -0.383 e. The van der Waals surface area contributed by atoms with E-state index in [1.807, 2.05) is 24.3 Å². The second-order valence-electron chi connectivity index (χ2n) is 3.60. The molecule has 2 rings (SSSR count). The van der Waals surface area contributed by atoms with Crippen molar-refractivity contribution < 1.29 is 0 Å². The molecule has 0 aliphatic heterocycles. The van der Waals surface area contributed by atoms with E-state index in [-0.39, 0.29) is 0 Å². The van der Waals surface area contributed by atoms with Crippen molar-refractivity contribution in [3.8, 4) is 0 Å². The van der Waals surface area contributed by atoms with Gasteiger partial charge in [0.15, 0.2) is 0 Å². The average molecular weight is 236 g/mol. The zero-order valence-corrected chi connectivity index (χ0v) is 9.67. The summed E-state index contributed by atoms with van der Waals surface area (Å²) in [5.74, 6) is 0. The molecule has 0 radical (unpaired) electrons. The van der Waals surface area contributed by atoms with Gasteiger partial charge in [-0.3, -0.25) is 4.98 Å². The fourth-order valence-corrected chi connectivity index (χ4v) is 1.77. The third-order valence-corrected chi connectivity index (χ3v) is 2.58. The summed E-state index contributed by atoms with van der Waals surface area (Å²) in [7, 11) is 0. The van der Waals surface area contributed by atoms with Crippen molar-refractivity contribution in [1.29, 1.82) is 0 Å². The minimum absolute atomic E-state index is 0.659. The highest BCUT2D eigenvalue weighted by molar-refractivity contribution is 6.31. The van der Waals surface area contributed by atoms with Gasteiger partial charge in [0.25, 0.3) is 0 Å². The SMILES string of the molecule is NCCCNc1cccc2cc(Cl)cnc12. The van der Waals surface area contributed by atoms with Gasteiger partial charge >= 0.3 is 0 Å². The second kappa shape index (κ2) is 5.14. The Morgan fingerprint density at radius 1 is 1.38 bits per heavy atom. The molecule has 1 aromatic heterocycles. The van der Waals surface area contributed by atoms with E-state index in [1.54, 1.807) is 6.20 Å². The van der Waals surface area contributed by atoms with Gasteiger partial charge in [0.05, 0.1) is 16.2 Å². The Morgan fingerprint density at radius 3 is 3.06 bits per heavy atom. The van der Waals surface area contributed by atoms with Crippen LogP contribution in [0.3, 0.4) is 0 Å². The van der Waals surface area contributed by atoms with Gasteiger partial charge in [-0.2, -0.15) is 0 Å². The monoisotopic (exact) mass is 235 g/mol. The van der Waals surface area contributed by atoms with Crippen LogP contribution in [0.15, 0.2) is 30.5 Å². The number of anilines is 1. The van der Waals surface area contributed by atoms with E-state index in [0.717, 1.165) is 29.6 Å². The lowest BCUT2D eigenvalue weighted by Crippen LogP contribution is -2.08. The third kappa shape index (κ3) is 2.43. The Bertz CT molecular complexity index is 485. The van der Waals surface area contributed by atoms with Crippen molar-refractivity contribution in [3.63, 3.8) is 0 Å². The second-order valence-corrected chi connectivity index (χ2v) is 4.04. The third-order valence-electron chi connectivity index (χ3n) is 2.37. The fraction of sp³-hybridized carbons (Fsp3) is 0.250. The molecule has 0 bridgehead atoms. The number of para-hydroxylation sites is 1. The first-order chi connectivity index (χ1) is 7.81. The number of nitrogens with one attached hydrogen (secondary N) is 1. The molecule has 0 fully saturated rings. The van der Waals surface area contributed by atoms with E-state index in [0.29, 0.717) is 11.6 Å². The summed E-state index contributed by atoms with van der Waals surface area (Å²) in [6, 6.07) is 7.92. The topological polar surface area (TPSA) is 50.9 Å². The molecule has 0 saturated carbocycles. The van der Waals surface area contributed by atoms with E-state index >= 15 is 0 Å². The molecule has 0 saturated heterocycles. The standard InChI is InChI=1S/C12H14ClN3/c13-10-7-9-3-1-4-11(12(9)16-8-10)15-6-2-5-14/h1,3-4,7-8,15H,2,5-6,14H2. The highest BCUT2D eigenvalue weighted by atomic mass is 35.5. The number of pyridine rings is 1. The van der Waals surface area contributed by atoms with Crippen LogP contribution in [0.2, 0.25) is 5.02 Å². The van der Waals surface area contributed by atoms with E-state index in [1.165, 1.54) is 0 Å². The molecule has 0 atom stereocenters. The Labute approximate surface area is 99.6 Å². The number of nitrogens with two attached hydrogens (primary N) is 1. The lowest BCUT2D eigenvalue weighted by molar-refractivity contribution is 0.875. The summed E-state index contributed by atoms with van der Waals surface area (Å²) in [5.41, 5.74) is 7.43. The molecule has 0 aliphatic carbocycles. The molecule has 16 heavy (non-hydrogen) atoms. The number of hydrogen-bond acceptors (Lipinski definition) is 3. The normalized spacial score (nSPS) is 10.6. The van der Waals surface area contributed by atoms with Crippen molar-refractivity contribution in [2.45, 2.75) is 6.42 Å². The summed E-state index contributed by atoms with van der Waals surface area (Å²) in [6.45, 7) is 1.55. The molecule has 84 valence electrons. The van der Waals surface area contributed by atoms with E-state index < -0.39 is 0 Å². The molecule has 3 N–H and O–H groups in total. The van der Waals surface area contributed by atoms with Crippen LogP contribution in [-0.2, 0) is 0 Å². The quantitative estimate of drug-likeness (QED) is 0.801. The number of hydrogen-bond donors (Lipinski definition) is 2. The lowest BCUT2D eigenvalue weighted by atomic mass is 10.2. The first-order valence-electron chi connectivity index (χ1n) is 5.29. The smallest absolute Gasteiger partial charge is 0.0934 e. The van der Waals surface area contributed by atoms with Crippen molar-refractivity contribution in [1.82, 2.24) is 4.98 Å². The summed E-state index contributed by atoms with van der Waals surface area (Å²) < 4.78 is 0. The van der Waals surface area contributed by atoms with Gasteiger partial charge in [0, 0.05) is 18.1 Å². The number of fused-ring (bicyclic) bond motifs is 1. The maximum absolute atomic E-state index is 5.90. The lowest BCUT2D eigenvalue weighted by Gasteiger charge is -2.08. The highest BCUT2D eigenvalue weighted by Gasteiger charge is 2.01. The first kappa shape index (κ1) is 11.2. The zero-order valence-electron chi connectivity index (χ0n) is 8.91. The Morgan fingerprint density at radius 2 is 2.25 bits per heavy atom. The maximum atomic E-state index is 5.90. The number of aromatic nitrogens is 1. The van der Waals surface area contributed by atoms with E-state index in [4.69, 9.17) is 17.3 Å². The van der Waals surface area contributed by atoms with Crippen LogP contribution in [0.25, 0.3) is 10.9 Å². The predicted octanol–water partition coefficient (Wildman–Crippen LogP) is 2.65. The van der Waals surface area contributed by atoms with Gasteiger partial charge in [-0.25, -0.2) is 0 Å². The molecule has 0 unspecified atom stereocenters. The van der Waals surface area contributed by atoms with Crippen LogP contribution in [0.5, 0.6) is 0 Å². The Hall–Kier alpha value is -1.32. The van der Waals surface area contributed by atoms with Crippen molar-refractivity contribution >= 4 is 28.2 Å². The molecule has 4 heteroatoms. The minimum atomic E-state index is 0.659. The van der Waals surface area contributed by atoms with E-state index in [9.17, 15) is 0 Å². The van der Waals surface area contributed by atoms with Crippen LogP contribution in [0.4, 0.5) is 5.69 Å². The van der Waals surface area contributed by atoms with Crippen molar-refractivity contribution in [2.24, 2.45) is 5.73 Å². The molecule has 2 aromatic rings. The number of nitrogens with zero attached hydrogens (tertiary/aromatic N) is 1. The number of halogens is 1. The summed E-state index contributed by atoms with van der Waals surface area (Å²) >= 11 is 5.90. The van der Waals surface area contributed by atoms with Gasteiger partial charge in [-0.1, -0.05) is 23.7 Å². The highest BCUT2D eigenvalue weighted by Crippen LogP contribution is 2.23. The number of benzene rings is 1. The molecule has 1 heterocycles. The van der Waals surface area contributed by atoms with Crippen LogP contribution in [-0.4, -0.2) is 18.1 Å². The first-order valence-corrected chi connectivity index (χ1v) is 5.67. The van der Waals surface area contributed by atoms with Crippen LogP contribution in [0.1, 0.15) is 6.42 Å². The van der Waals surface area contributed by atoms with Gasteiger partial charge in [-0.05, 0) is 25.1 Å². The van der Waals surface area contributed by atoms with Gasteiger partial charge in [0.1, 0.15) is 0 Å². The summed E-state index contributed by atoms with van der Waals surface area (Å²) in [6.07, 6.45) is 2.61. The van der Waals surface area contributed by atoms with Crippen LogP contribution >= 0.6 is 11.6 Å². The largest absolute Gasteiger partial charge is 0.383 e. The summed E-state index contributed by atoms with van der Waals surface area (Å²) in [5, 5.41) is 5.03. The molecule has 1 aromatic carbocycles. The van der Waals surface area contributed by atoms with Gasteiger partial charge in [0.2, 0.25) is 0 Å². The number of rotatable bonds is 4. The Balaban J connectivity index is 2.30. The molecule has 0 spiro atoms.